The van der Waals surface area contributed by atoms with Crippen molar-refractivity contribution in [3.63, 3.8) is 0 Å². The Bertz CT molecular complexity index is 1850. The number of ketones is 1. The molecular weight excluding hydrogens is 618 g/mol. The van der Waals surface area contributed by atoms with Crippen LogP contribution in [-0.2, 0) is 15.0 Å². The van der Waals surface area contributed by atoms with Crippen LogP contribution in [0, 0.1) is 0 Å². The zero-order chi connectivity index (χ0) is 33.6. The second-order valence-corrected chi connectivity index (χ2v) is 13.4. The molecule has 3 heterocycles. The molecule has 2 aliphatic carbocycles. The van der Waals surface area contributed by atoms with Gasteiger partial charge in [0.15, 0.2) is 5.78 Å². The van der Waals surface area contributed by atoms with Crippen molar-refractivity contribution in [2.75, 3.05) is 37.6 Å². The highest BCUT2D eigenvalue weighted by molar-refractivity contribution is 6.09. The Labute approximate surface area is 267 Å². The molecule has 0 spiro atoms. The molecule has 1 atom stereocenters. The average Bonchev–Trinajstić information content (AvgIpc) is 3.30. The summed E-state index contributed by atoms with van der Waals surface area (Å²) in [5, 5.41) is 10.3. The standard InChI is InChI=1S/C35H31F4N3O5/c1-33(2)26-12-20(40-15-34(36,37)16-40)4-7-23(26)31(24-8-5-21(13-27(24)33)41-17-35(38,39)18-41)25-11-19(3-6-22(25)32(46)47)28(43)14-42-29(44)9-10-30(42)45/h3-8,11-13,20H,9-10,14-18H2,1-2H3,(H,46,47). The van der Waals surface area contributed by atoms with Gasteiger partial charge in [-0.1, -0.05) is 44.2 Å². The van der Waals surface area contributed by atoms with Crippen molar-refractivity contribution in [3.05, 3.63) is 93.6 Å². The molecule has 244 valence electrons. The van der Waals surface area contributed by atoms with E-state index in [0.717, 1.165) is 16.0 Å². The predicted octanol–water partition coefficient (Wildman–Crippen LogP) is 5.08. The molecule has 5 aliphatic rings. The Hall–Kier alpha value is -4.58. The van der Waals surface area contributed by atoms with Crippen molar-refractivity contribution in [2.24, 2.45) is 0 Å². The van der Waals surface area contributed by atoms with E-state index in [9.17, 15) is 41.8 Å². The number of likely N-dealkylation sites (tertiary alicyclic amines) is 2. The number of carboxylic acid groups (broad SMARTS) is 1. The Morgan fingerprint density at radius 1 is 0.894 bits per heavy atom. The number of anilines is 1. The van der Waals surface area contributed by atoms with Gasteiger partial charge in [-0.15, -0.1) is 0 Å². The van der Waals surface area contributed by atoms with Crippen molar-refractivity contribution in [3.8, 4) is 0 Å². The van der Waals surface area contributed by atoms with Gasteiger partial charge in [-0.05, 0) is 57.7 Å². The number of halogens is 4. The molecule has 2 aromatic rings. The van der Waals surface area contributed by atoms with Gasteiger partial charge in [0.25, 0.3) is 11.8 Å². The highest BCUT2D eigenvalue weighted by Crippen LogP contribution is 2.52. The molecule has 1 N–H and O–H groups in total. The summed E-state index contributed by atoms with van der Waals surface area (Å²) in [7, 11) is 0. The van der Waals surface area contributed by atoms with Crippen molar-refractivity contribution < 1.29 is 41.8 Å². The number of carbonyl (C=O) groups excluding carboxylic acids is 3. The first kappa shape index (κ1) is 31.0. The number of hydrogen-bond donors (Lipinski definition) is 1. The number of alkyl halides is 4. The highest BCUT2D eigenvalue weighted by atomic mass is 19.3. The number of aromatic carboxylic acids is 1. The third kappa shape index (κ3) is 5.18. The molecule has 3 fully saturated rings. The summed E-state index contributed by atoms with van der Waals surface area (Å²) in [5.74, 6) is -8.30. The molecule has 1 unspecified atom stereocenters. The lowest BCUT2D eigenvalue weighted by atomic mass is 9.63. The first-order chi connectivity index (χ1) is 22.0. The topological polar surface area (TPSA) is 98.2 Å². The number of carbonyl (C=O) groups is 4. The van der Waals surface area contributed by atoms with Gasteiger partial charge in [-0.25, -0.2) is 22.4 Å². The van der Waals surface area contributed by atoms with Crippen LogP contribution in [0.1, 0.15) is 64.1 Å². The number of amides is 2. The minimum absolute atomic E-state index is 0.0205. The highest BCUT2D eigenvalue weighted by Gasteiger charge is 2.48. The third-order valence-electron chi connectivity index (χ3n) is 9.77. The molecule has 2 aromatic carbocycles. The fourth-order valence-electron chi connectivity index (χ4n) is 7.23. The zero-order valence-electron chi connectivity index (χ0n) is 25.7. The average molecular weight is 650 g/mol. The smallest absolute Gasteiger partial charge is 0.336 e. The van der Waals surface area contributed by atoms with Crippen LogP contribution in [0.15, 0.2) is 65.8 Å². The van der Waals surface area contributed by atoms with Crippen molar-refractivity contribution in [1.29, 1.82) is 0 Å². The second kappa shape index (κ2) is 10.5. The van der Waals surface area contributed by atoms with Gasteiger partial charge in [0.05, 0.1) is 38.3 Å². The maximum absolute atomic E-state index is 13.8. The Morgan fingerprint density at radius 2 is 1.55 bits per heavy atom. The number of Topliss-reactive ketones (excluding diaryl/α,β-unsaturated/α-hetero) is 1. The van der Waals surface area contributed by atoms with Gasteiger partial charge in [0.1, 0.15) is 0 Å². The number of hydrogen-bond acceptors (Lipinski definition) is 6. The first-order valence-electron chi connectivity index (χ1n) is 15.3. The fourth-order valence-corrected chi connectivity index (χ4v) is 7.23. The summed E-state index contributed by atoms with van der Waals surface area (Å²) in [6, 6.07) is 8.93. The van der Waals surface area contributed by atoms with Crippen LogP contribution in [0.4, 0.5) is 23.2 Å². The summed E-state index contributed by atoms with van der Waals surface area (Å²) in [5.41, 5.74) is 3.25. The van der Waals surface area contributed by atoms with E-state index in [-0.39, 0.29) is 29.5 Å². The van der Waals surface area contributed by atoms with E-state index >= 15 is 0 Å². The Balaban J connectivity index is 1.38. The van der Waals surface area contributed by atoms with Crippen LogP contribution in [0.25, 0.3) is 5.57 Å². The number of allylic oxidation sites excluding steroid dienone is 3. The molecule has 0 bridgehead atoms. The van der Waals surface area contributed by atoms with E-state index in [0.29, 0.717) is 22.4 Å². The molecule has 8 nitrogen and oxygen atoms in total. The monoisotopic (exact) mass is 649 g/mol. The quantitative estimate of drug-likeness (QED) is 0.254. The molecular formula is C35H31F4N3O5. The second-order valence-electron chi connectivity index (χ2n) is 13.4. The lowest BCUT2D eigenvalue weighted by molar-refractivity contribution is -0.137. The predicted molar refractivity (Wildman–Crippen MR) is 164 cm³/mol. The largest absolute Gasteiger partial charge is 0.478 e. The maximum atomic E-state index is 13.8. The van der Waals surface area contributed by atoms with Gasteiger partial charge in [-0.3, -0.25) is 24.2 Å². The Morgan fingerprint density at radius 3 is 2.17 bits per heavy atom. The Kier molecular flexibility index (Phi) is 6.91. The van der Waals surface area contributed by atoms with E-state index in [1.54, 1.807) is 34.1 Å². The lowest BCUT2D eigenvalue weighted by Gasteiger charge is -2.46. The van der Waals surface area contributed by atoms with E-state index in [4.69, 9.17) is 0 Å². The number of carboxylic acids is 1. The molecule has 47 heavy (non-hydrogen) atoms. The normalized spacial score (nSPS) is 24.0. The summed E-state index contributed by atoms with van der Waals surface area (Å²) < 4.78 is 55.3. The lowest BCUT2D eigenvalue weighted by Crippen LogP contribution is -2.59. The van der Waals surface area contributed by atoms with Crippen molar-refractivity contribution >= 4 is 34.8 Å². The van der Waals surface area contributed by atoms with E-state index in [1.165, 1.54) is 18.2 Å². The molecule has 3 aliphatic heterocycles. The van der Waals surface area contributed by atoms with E-state index < -0.39 is 79.6 Å². The molecule has 0 saturated carbocycles. The summed E-state index contributed by atoms with van der Waals surface area (Å²) in [6.07, 6.45) is 5.51. The van der Waals surface area contributed by atoms with Gasteiger partial charge in [-0.2, -0.15) is 0 Å². The summed E-state index contributed by atoms with van der Waals surface area (Å²) >= 11 is 0. The minimum Gasteiger partial charge on any atom is -0.478 e. The van der Waals surface area contributed by atoms with Crippen LogP contribution in [0.5, 0.6) is 0 Å². The number of benzene rings is 2. The first-order valence-corrected chi connectivity index (χ1v) is 15.3. The molecule has 7 rings (SSSR count). The van der Waals surface area contributed by atoms with Gasteiger partial charge < -0.3 is 10.0 Å². The molecule has 12 heteroatoms. The van der Waals surface area contributed by atoms with Gasteiger partial charge >= 0.3 is 5.97 Å². The summed E-state index contributed by atoms with van der Waals surface area (Å²) in [6.45, 7) is 1.74. The van der Waals surface area contributed by atoms with E-state index in [2.05, 4.69) is 0 Å². The van der Waals surface area contributed by atoms with Crippen LogP contribution < -0.4 is 4.90 Å². The molecule has 0 radical (unpaired) electrons. The third-order valence-corrected chi connectivity index (χ3v) is 9.77. The maximum Gasteiger partial charge on any atom is 0.336 e. The van der Waals surface area contributed by atoms with E-state index in [1.807, 2.05) is 26.0 Å². The summed E-state index contributed by atoms with van der Waals surface area (Å²) in [4.78, 5) is 54.5. The van der Waals surface area contributed by atoms with Crippen LogP contribution in [0.3, 0.4) is 0 Å². The van der Waals surface area contributed by atoms with Crippen LogP contribution in [0.2, 0.25) is 0 Å². The number of fused-ring (bicyclic) bond motifs is 2. The molecule has 0 aromatic heterocycles. The molecule has 3 saturated heterocycles. The van der Waals surface area contributed by atoms with Crippen LogP contribution >= 0.6 is 0 Å². The zero-order valence-corrected chi connectivity index (χ0v) is 25.7. The number of imide groups is 1. The van der Waals surface area contributed by atoms with Crippen molar-refractivity contribution in [1.82, 2.24) is 9.80 Å². The number of nitrogens with zero attached hydrogens (tertiary/aromatic N) is 3. The SMILES string of the molecule is CC1(C)C2=CC(N3CC(F)(F)C3)C=CC2=C(c2cc(C(=O)CN3C(=O)CCC3=O)ccc2C(=O)O)c2ccc(N3CC(F)(F)C3)cc21. The van der Waals surface area contributed by atoms with Crippen molar-refractivity contribution in [2.45, 2.75) is 50.0 Å². The minimum atomic E-state index is -2.81. The molecule has 2 amide bonds. The fraction of sp³-hybridized carbons (Fsp3) is 0.371. The van der Waals surface area contributed by atoms with Crippen LogP contribution in [-0.4, -0.2) is 89.1 Å². The van der Waals surface area contributed by atoms with Gasteiger partial charge in [0.2, 0.25) is 11.8 Å². The number of rotatable bonds is 7. The van der Waals surface area contributed by atoms with Gasteiger partial charge in [0, 0.05) is 35.5 Å².